The van der Waals surface area contributed by atoms with E-state index in [0.29, 0.717) is 13.0 Å². The molecule has 160 valence electrons. The number of aromatic nitrogens is 1. The number of nitrogens with zero attached hydrogens (tertiary/aromatic N) is 1. The second-order valence-corrected chi connectivity index (χ2v) is 8.83. The molecule has 2 aromatic carbocycles. The van der Waals surface area contributed by atoms with E-state index in [-0.39, 0.29) is 23.7 Å². The maximum atomic E-state index is 13.3. The Morgan fingerprint density at radius 3 is 2.61 bits per heavy atom. The number of thiophene rings is 1. The number of amides is 1. The van der Waals surface area contributed by atoms with Crippen molar-refractivity contribution in [3.05, 3.63) is 94.1 Å². The highest BCUT2D eigenvalue weighted by atomic mass is 32.1. The van der Waals surface area contributed by atoms with E-state index in [9.17, 15) is 9.18 Å². The number of hydrogen-bond donors (Lipinski definition) is 1. The van der Waals surface area contributed by atoms with Crippen molar-refractivity contribution in [3.63, 3.8) is 0 Å². The summed E-state index contributed by atoms with van der Waals surface area (Å²) < 4.78 is 15.5. The first-order valence-electron chi connectivity index (χ1n) is 10.7. The number of hydrogen-bond acceptors (Lipinski definition) is 2. The third-order valence-electron chi connectivity index (χ3n) is 5.82. The second-order valence-electron chi connectivity index (χ2n) is 8.05. The Balaban J connectivity index is 1.72. The average molecular weight is 435 g/mol. The van der Waals surface area contributed by atoms with Crippen LogP contribution in [0.3, 0.4) is 0 Å². The zero-order valence-electron chi connectivity index (χ0n) is 17.8. The van der Waals surface area contributed by atoms with Gasteiger partial charge in [-0.3, -0.25) is 4.79 Å². The van der Waals surface area contributed by atoms with Gasteiger partial charge in [-0.05, 0) is 65.1 Å². The van der Waals surface area contributed by atoms with E-state index in [4.69, 9.17) is 0 Å². The first kappa shape index (κ1) is 21.3. The molecule has 2 atom stereocenters. The van der Waals surface area contributed by atoms with Crippen molar-refractivity contribution in [2.75, 3.05) is 0 Å². The summed E-state index contributed by atoms with van der Waals surface area (Å²) >= 11 is 1.65. The largest absolute Gasteiger partial charge is 0.354 e. The van der Waals surface area contributed by atoms with Crippen LogP contribution >= 0.6 is 11.3 Å². The molecule has 0 aliphatic heterocycles. The predicted octanol–water partition coefficient (Wildman–Crippen LogP) is 6.33. The van der Waals surface area contributed by atoms with Crippen molar-refractivity contribution in [1.82, 2.24) is 9.88 Å². The molecule has 0 saturated heterocycles. The van der Waals surface area contributed by atoms with Crippen molar-refractivity contribution in [2.24, 2.45) is 0 Å². The molecular weight excluding hydrogens is 407 g/mol. The van der Waals surface area contributed by atoms with Gasteiger partial charge in [0, 0.05) is 42.0 Å². The number of rotatable bonds is 8. The monoisotopic (exact) mass is 434 g/mol. The topological polar surface area (TPSA) is 34.0 Å². The van der Waals surface area contributed by atoms with Gasteiger partial charge in [0.15, 0.2) is 0 Å². The van der Waals surface area contributed by atoms with Gasteiger partial charge >= 0.3 is 0 Å². The van der Waals surface area contributed by atoms with Crippen molar-refractivity contribution < 1.29 is 9.18 Å². The van der Waals surface area contributed by atoms with E-state index >= 15 is 0 Å². The molecule has 0 spiro atoms. The standard InChI is InChI=1S/C26H27FN2OS/c1-3-18(2)28-26(30)14-23(20-12-13-31-17-20)24-16-29(25-7-5-4-6-22(24)25)15-19-8-10-21(27)11-9-19/h4-13,16-18,23H,3,14-15H2,1-2H3,(H,28,30). The molecule has 1 amide bonds. The zero-order valence-corrected chi connectivity index (χ0v) is 18.7. The number of fused-ring (bicyclic) bond motifs is 1. The number of nitrogens with one attached hydrogen (secondary N) is 1. The Kier molecular flexibility index (Phi) is 6.52. The third kappa shape index (κ3) is 4.88. The first-order chi connectivity index (χ1) is 15.0. The molecule has 1 N–H and O–H groups in total. The number of halogens is 1. The lowest BCUT2D eigenvalue weighted by Crippen LogP contribution is -2.32. The maximum Gasteiger partial charge on any atom is 0.221 e. The van der Waals surface area contributed by atoms with E-state index in [1.165, 1.54) is 12.1 Å². The minimum atomic E-state index is -0.230. The molecule has 2 unspecified atom stereocenters. The van der Waals surface area contributed by atoms with Gasteiger partial charge in [-0.25, -0.2) is 4.39 Å². The van der Waals surface area contributed by atoms with Crippen LogP contribution in [0.25, 0.3) is 10.9 Å². The van der Waals surface area contributed by atoms with Gasteiger partial charge < -0.3 is 9.88 Å². The highest BCUT2D eigenvalue weighted by Gasteiger charge is 2.23. The molecule has 0 fully saturated rings. The molecule has 2 aromatic heterocycles. The number of para-hydroxylation sites is 1. The van der Waals surface area contributed by atoms with Crippen LogP contribution in [0.15, 0.2) is 71.6 Å². The maximum absolute atomic E-state index is 13.3. The lowest BCUT2D eigenvalue weighted by atomic mass is 9.89. The van der Waals surface area contributed by atoms with Gasteiger partial charge in [0.25, 0.3) is 0 Å². The van der Waals surface area contributed by atoms with E-state index in [0.717, 1.165) is 34.0 Å². The fraction of sp³-hybridized carbons (Fsp3) is 0.269. The van der Waals surface area contributed by atoms with Crippen LogP contribution in [0.2, 0.25) is 0 Å². The lowest BCUT2D eigenvalue weighted by Gasteiger charge is -2.18. The van der Waals surface area contributed by atoms with E-state index in [1.807, 2.05) is 31.2 Å². The first-order valence-corrected chi connectivity index (χ1v) is 11.6. The molecule has 0 radical (unpaired) electrons. The molecule has 0 bridgehead atoms. The SMILES string of the molecule is CCC(C)NC(=O)CC(c1ccsc1)c1cn(Cc2ccc(F)cc2)c2ccccc12. The van der Waals surface area contributed by atoms with Crippen molar-refractivity contribution >= 4 is 28.1 Å². The Labute approximate surface area is 186 Å². The Hall–Kier alpha value is -2.92. The van der Waals surface area contributed by atoms with Crippen LogP contribution < -0.4 is 5.32 Å². The molecule has 2 heterocycles. The average Bonchev–Trinajstić information content (AvgIpc) is 3.43. The summed E-state index contributed by atoms with van der Waals surface area (Å²) in [6.07, 6.45) is 3.48. The number of benzene rings is 2. The second kappa shape index (κ2) is 9.48. The van der Waals surface area contributed by atoms with E-state index in [1.54, 1.807) is 11.3 Å². The molecule has 0 aliphatic rings. The molecule has 0 saturated carbocycles. The fourth-order valence-electron chi connectivity index (χ4n) is 3.97. The normalized spacial score (nSPS) is 13.3. The van der Waals surface area contributed by atoms with Crippen LogP contribution in [0.5, 0.6) is 0 Å². The van der Waals surface area contributed by atoms with Gasteiger partial charge in [-0.15, -0.1) is 0 Å². The smallest absolute Gasteiger partial charge is 0.221 e. The fourth-order valence-corrected chi connectivity index (χ4v) is 4.69. The van der Waals surface area contributed by atoms with Crippen molar-refractivity contribution in [1.29, 1.82) is 0 Å². The quantitative estimate of drug-likeness (QED) is 0.346. The van der Waals surface area contributed by atoms with Crippen molar-refractivity contribution in [3.8, 4) is 0 Å². The molecule has 3 nitrogen and oxygen atoms in total. The van der Waals surface area contributed by atoms with E-state index in [2.05, 4.69) is 52.0 Å². The van der Waals surface area contributed by atoms with Gasteiger partial charge in [-0.1, -0.05) is 37.3 Å². The minimum absolute atomic E-state index is 0.0188. The molecule has 5 heteroatoms. The van der Waals surface area contributed by atoms with Crippen LogP contribution in [0.4, 0.5) is 4.39 Å². The summed E-state index contributed by atoms with van der Waals surface area (Å²) in [4.78, 5) is 12.8. The van der Waals surface area contributed by atoms with Gasteiger partial charge in [-0.2, -0.15) is 11.3 Å². The number of carbonyl (C=O) groups excluding carboxylic acids is 1. The summed E-state index contributed by atoms with van der Waals surface area (Å²) in [5, 5.41) is 8.46. The van der Waals surface area contributed by atoms with Gasteiger partial charge in [0.2, 0.25) is 5.91 Å². The highest BCUT2D eigenvalue weighted by Crippen LogP contribution is 2.36. The summed E-state index contributed by atoms with van der Waals surface area (Å²) in [5.74, 6) is -0.178. The molecule has 4 aromatic rings. The summed E-state index contributed by atoms with van der Waals surface area (Å²) in [7, 11) is 0. The zero-order chi connectivity index (χ0) is 21.8. The van der Waals surface area contributed by atoms with Gasteiger partial charge in [0.05, 0.1) is 0 Å². The Morgan fingerprint density at radius 2 is 1.90 bits per heavy atom. The van der Waals surface area contributed by atoms with Crippen LogP contribution in [0.1, 0.15) is 49.3 Å². The molecule has 0 aliphatic carbocycles. The third-order valence-corrected chi connectivity index (χ3v) is 6.52. The van der Waals surface area contributed by atoms with Crippen molar-refractivity contribution in [2.45, 2.75) is 45.2 Å². The lowest BCUT2D eigenvalue weighted by molar-refractivity contribution is -0.121. The van der Waals surface area contributed by atoms with Crippen LogP contribution in [-0.4, -0.2) is 16.5 Å². The molecule has 31 heavy (non-hydrogen) atoms. The summed E-state index contributed by atoms with van der Waals surface area (Å²) in [6.45, 7) is 4.76. The molecule has 4 rings (SSSR count). The van der Waals surface area contributed by atoms with Crippen LogP contribution in [-0.2, 0) is 11.3 Å². The number of carbonyl (C=O) groups is 1. The van der Waals surface area contributed by atoms with Crippen LogP contribution in [0, 0.1) is 5.82 Å². The van der Waals surface area contributed by atoms with E-state index < -0.39 is 0 Å². The highest BCUT2D eigenvalue weighted by molar-refractivity contribution is 7.08. The van der Waals surface area contributed by atoms with Gasteiger partial charge in [0.1, 0.15) is 5.82 Å². The molecular formula is C26H27FN2OS. The predicted molar refractivity (Wildman–Crippen MR) is 126 cm³/mol. The Bertz CT molecular complexity index is 1150. The summed E-state index contributed by atoms with van der Waals surface area (Å²) in [5.41, 5.74) is 4.46. The summed E-state index contributed by atoms with van der Waals surface area (Å²) in [6, 6.07) is 17.2. The Morgan fingerprint density at radius 1 is 1.13 bits per heavy atom. The minimum Gasteiger partial charge on any atom is -0.354 e.